The van der Waals surface area contributed by atoms with Gasteiger partial charge in [-0.25, -0.2) is 9.78 Å². The fourth-order valence-electron chi connectivity index (χ4n) is 4.43. The average Bonchev–Trinajstić information content (AvgIpc) is 3.18. The second kappa shape index (κ2) is 10.8. The van der Waals surface area contributed by atoms with Crippen molar-refractivity contribution in [3.8, 4) is 5.75 Å². The first-order valence-corrected chi connectivity index (χ1v) is 11.7. The summed E-state index contributed by atoms with van der Waals surface area (Å²) in [5, 5.41) is 23.0. The standard InChI is InChI=1S/C19H21N3O2.C9H8O4/c1-11-12(2)22-10-9-14-16(19(22)20-11)21-15(17(23)18(14)24-3)13-7-5-4-6-8-13;1-6(10)13-8-5-3-2-4-7(8)9(11)12/h4-10,15,17-18,21,23H,1-3H3;2-5H,1H3,(H,11,12)/t15-,17-,18-;/m1./s1. The second-order valence-electron chi connectivity index (χ2n) is 8.70. The van der Waals surface area contributed by atoms with Crippen LogP contribution in [-0.2, 0) is 9.53 Å². The molecule has 9 nitrogen and oxygen atoms in total. The summed E-state index contributed by atoms with van der Waals surface area (Å²) in [5.74, 6) is -1.58. The van der Waals surface area contributed by atoms with Crippen molar-refractivity contribution in [3.05, 3.63) is 94.9 Å². The topological polar surface area (TPSA) is 122 Å². The number of aliphatic hydroxyl groups excluding tert-OH is 1. The average molecular weight is 504 g/mol. The fraction of sp³-hybridized carbons (Fsp3) is 0.250. The van der Waals surface area contributed by atoms with Gasteiger partial charge in [-0.3, -0.25) is 4.79 Å². The van der Waals surface area contributed by atoms with Crippen molar-refractivity contribution in [1.29, 1.82) is 0 Å². The van der Waals surface area contributed by atoms with Crippen LogP contribution in [0.2, 0.25) is 0 Å². The van der Waals surface area contributed by atoms with Crippen LogP contribution in [0.1, 0.15) is 51.9 Å². The maximum Gasteiger partial charge on any atom is 0.339 e. The van der Waals surface area contributed by atoms with Gasteiger partial charge in [-0.1, -0.05) is 42.5 Å². The van der Waals surface area contributed by atoms with Gasteiger partial charge in [-0.2, -0.15) is 0 Å². The van der Waals surface area contributed by atoms with Gasteiger partial charge < -0.3 is 29.4 Å². The zero-order valence-corrected chi connectivity index (χ0v) is 21.0. The molecule has 3 atom stereocenters. The Labute approximate surface area is 214 Å². The fourth-order valence-corrected chi connectivity index (χ4v) is 4.43. The molecule has 3 heterocycles. The predicted molar refractivity (Wildman–Crippen MR) is 138 cm³/mol. The summed E-state index contributed by atoms with van der Waals surface area (Å²) >= 11 is 0. The number of aliphatic hydroxyl groups is 1. The second-order valence-corrected chi connectivity index (χ2v) is 8.70. The third kappa shape index (κ3) is 5.18. The van der Waals surface area contributed by atoms with Gasteiger partial charge in [0.2, 0.25) is 0 Å². The summed E-state index contributed by atoms with van der Waals surface area (Å²) in [4.78, 5) is 25.9. The van der Waals surface area contributed by atoms with E-state index in [9.17, 15) is 14.7 Å². The Morgan fingerprint density at radius 1 is 1.03 bits per heavy atom. The van der Waals surface area contributed by atoms with Crippen molar-refractivity contribution in [2.24, 2.45) is 0 Å². The number of pyridine rings is 1. The molecule has 0 aliphatic carbocycles. The molecule has 192 valence electrons. The summed E-state index contributed by atoms with van der Waals surface area (Å²) < 4.78 is 12.4. The number of ether oxygens (including phenoxy) is 2. The Balaban J connectivity index is 0.000000209. The highest BCUT2D eigenvalue weighted by Crippen LogP contribution is 2.42. The number of hydrogen-bond acceptors (Lipinski definition) is 7. The monoisotopic (exact) mass is 503 g/mol. The molecule has 0 fully saturated rings. The molecule has 0 amide bonds. The maximum absolute atomic E-state index is 10.8. The van der Waals surface area contributed by atoms with Crippen molar-refractivity contribution in [2.75, 3.05) is 12.4 Å². The Hall–Kier alpha value is -4.21. The number of aromatic nitrogens is 2. The lowest BCUT2D eigenvalue weighted by Crippen LogP contribution is -2.37. The number of hydrogen-bond donors (Lipinski definition) is 3. The highest BCUT2D eigenvalue weighted by Gasteiger charge is 2.38. The Kier molecular flexibility index (Phi) is 7.56. The number of nitrogens with one attached hydrogen (secondary N) is 1. The number of imidazole rings is 1. The zero-order valence-electron chi connectivity index (χ0n) is 21.0. The molecule has 3 N–H and O–H groups in total. The van der Waals surface area contributed by atoms with Gasteiger partial charge >= 0.3 is 11.9 Å². The molecule has 2 aromatic carbocycles. The van der Waals surface area contributed by atoms with Gasteiger partial charge in [-0.15, -0.1) is 0 Å². The lowest BCUT2D eigenvalue weighted by molar-refractivity contribution is -0.131. The lowest BCUT2D eigenvalue weighted by Gasteiger charge is -2.37. The first-order valence-electron chi connectivity index (χ1n) is 11.7. The Morgan fingerprint density at radius 2 is 1.70 bits per heavy atom. The van der Waals surface area contributed by atoms with Crippen LogP contribution in [-0.4, -0.2) is 44.8 Å². The van der Waals surface area contributed by atoms with Crippen LogP contribution in [0, 0.1) is 13.8 Å². The zero-order chi connectivity index (χ0) is 26.7. The minimum Gasteiger partial charge on any atom is -0.478 e. The SMILES string of the molecule is CC(=O)Oc1ccccc1C(=O)O.CO[C@@H]1c2ccn3c(C)c(C)nc3c2N[C@H](c2ccccc2)[C@H]1O. The summed E-state index contributed by atoms with van der Waals surface area (Å²) in [6.07, 6.45) is 0.922. The van der Waals surface area contributed by atoms with Crippen LogP contribution < -0.4 is 10.1 Å². The molecule has 4 aromatic rings. The van der Waals surface area contributed by atoms with E-state index in [0.717, 1.165) is 33.8 Å². The molecule has 0 spiro atoms. The number of anilines is 1. The first-order chi connectivity index (χ1) is 17.7. The summed E-state index contributed by atoms with van der Waals surface area (Å²) in [6, 6.07) is 17.7. The molecular formula is C28H29N3O6. The van der Waals surface area contributed by atoms with Gasteiger partial charge in [0.05, 0.1) is 17.4 Å². The van der Waals surface area contributed by atoms with E-state index < -0.39 is 24.1 Å². The molecule has 0 radical (unpaired) electrons. The molecule has 0 unspecified atom stereocenters. The van der Waals surface area contributed by atoms with Gasteiger partial charge in [0.25, 0.3) is 0 Å². The normalized spacial score (nSPS) is 18.2. The van der Waals surface area contributed by atoms with Crippen LogP contribution in [0.5, 0.6) is 5.75 Å². The van der Waals surface area contributed by atoms with Crippen LogP contribution >= 0.6 is 0 Å². The molecule has 0 saturated heterocycles. The first kappa shape index (κ1) is 25.9. The number of benzene rings is 2. The molecule has 9 heteroatoms. The van der Waals surface area contributed by atoms with E-state index >= 15 is 0 Å². The summed E-state index contributed by atoms with van der Waals surface area (Å²) in [7, 11) is 1.64. The predicted octanol–water partition coefficient (Wildman–Crippen LogP) is 4.48. The van der Waals surface area contributed by atoms with Crippen molar-refractivity contribution in [3.63, 3.8) is 0 Å². The van der Waals surface area contributed by atoms with E-state index in [1.54, 1.807) is 19.2 Å². The number of para-hydroxylation sites is 1. The number of rotatable bonds is 4. The molecule has 5 rings (SSSR count). The van der Waals surface area contributed by atoms with Gasteiger partial charge in [0, 0.05) is 31.5 Å². The van der Waals surface area contributed by atoms with E-state index in [4.69, 9.17) is 14.8 Å². The highest BCUT2D eigenvalue weighted by atomic mass is 16.5. The van der Waals surface area contributed by atoms with Crippen LogP contribution in [0.4, 0.5) is 5.69 Å². The number of carboxylic acid groups (broad SMARTS) is 1. The molecule has 0 bridgehead atoms. The minimum atomic E-state index is -1.11. The van der Waals surface area contributed by atoms with Gasteiger partial charge in [-0.05, 0) is 37.6 Å². The molecule has 0 saturated carbocycles. The third-order valence-corrected chi connectivity index (χ3v) is 6.34. The number of carbonyl (C=O) groups is 2. The van der Waals surface area contributed by atoms with E-state index in [2.05, 4.69) is 21.4 Å². The van der Waals surface area contributed by atoms with Crippen molar-refractivity contribution >= 4 is 23.3 Å². The number of esters is 1. The van der Waals surface area contributed by atoms with E-state index in [-0.39, 0.29) is 17.4 Å². The summed E-state index contributed by atoms with van der Waals surface area (Å²) in [5.41, 5.74) is 5.87. The van der Waals surface area contributed by atoms with E-state index in [1.807, 2.05) is 49.5 Å². The van der Waals surface area contributed by atoms with Crippen LogP contribution in [0.15, 0.2) is 66.9 Å². The maximum atomic E-state index is 10.8. The third-order valence-electron chi connectivity index (χ3n) is 6.34. The lowest BCUT2D eigenvalue weighted by atomic mass is 9.89. The molecule has 1 aliphatic heterocycles. The molecule has 37 heavy (non-hydrogen) atoms. The smallest absolute Gasteiger partial charge is 0.339 e. The Morgan fingerprint density at radius 3 is 2.35 bits per heavy atom. The van der Waals surface area contributed by atoms with E-state index in [0.29, 0.717) is 0 Å². The molecule has 2 aromatic heterocycles. The highest BCUT2D eigenvalue weighted by molar-refractivity contribution is 5.91. The van der Waals surface area contributed by atoms with Gasteiger partial charge in [0.15, 0.2) is 5.65 Å². The molecule has 1 aliphatic rings. The van der Waals surface area contributed by atoms with Crippen LogP contribution in [0.25, 0.3) is 5.65 Å². The molecular weight excluding hydrogens is 474 g/mol. The Bertz CT molecular complexity index is 1430. The summed E-state index contributed by atoms with van der Waals surface area (Å²) in [6.45, 7) is 5.29. The van der Waals surface area contributed by atoms with Crippen molar-refractivity contribution in [1.82, 2.24) is 9.38 Å². The largest absolute Gasteiger partial charge is 0.478 e. The number of aromatic carboxylic acids is 1. The number of carboxylic acids is 1. The van der Waals surface area contributed by atoms with Gasteiger partial charge in [0.1, 0.15) is 23.5 Å². The number of carbonyl (C=O) groups excluding carboxylic acids is 1. The quantitative estimate of drug-likeness (QED) is 0.275. The van der Waals surface area contributed by atoms with Crippen LogP contribution in [0.3, 0.4) is 0 Å². The van der Waals surface area contributed by atoms with Crippen molar-refractivity contribution < 1.29 is 29.3 Å². The minimum absolute atomic E-state index is 0.0160. The van der Waals surface area contributed by atoms with E-state index in [1.165, 1.54) is 19.1 Å². The number of methoxy groups -OCH3 is 1. The number of fused-ring (bicyclic) bond motifs is 3. The number of aryl methyl sites for hydroxylation is 2. The van der Waals surface area contributed by atoms with Crippen molar-refractivity contribution in [2.45, 2.75) is 39.0 Å². The number of nitrogens with zero attached hydrogens (tertiary/aromatic N) is 2.